The number of hydrogen-bond donors (Lipinski definition) is 0. The molecule has 0 aliphatic carbocycles. The normalized spacial score (nSPS) is 10.7. The van der Waals surface area contributed by atoms with Crippen LogP contribution in [0.25, 0.3) is 5.52 Å². The molecule has 3 nitrogen and oxygen atoms in total. The Bertz CT molecular complexity index is 495. The quantitative estimate of drug-likeness (QED) is 0.369. The van der Waals surface area contributed by atoms with Crippen LogP contribution in [0.15, 0.2) is 23.2 Å². The molecule has 0 amide bonds. The van der Waals surface area contributed by atoms with Gasteiger partial charge in [-0.2, -0.15) is 5.10 Å². The smallest absolute Gasteiger partial charge is 0.152 e. The summed E-state index contributed by atoms with van der Waals surface area (Å²) in [7, 11) is 0. The molecule has 0 spiro atoms. The van der Waals surface area contributed by atoms with E-state index < -0.39 is 0 Å². The van der Waals surface area contributed by atoms with Crippen molar-refractivity contribution in [1.82, 2.24) is 9.61 Å². The summed E-state index contributed by atoms with van der Waals surface area (Å²) in [5, 5.41) is 5.28. The van der Waals surface area contributed by atoms with Gasteiger partial charge in [-0.25, -0.2) is 4.52 Å². The van der Waals surface area contributed by atoms with E-state index in [2.05, 4.69) is 27.7 Å². The van der Waals surface area contributed by atoms with Crippen LogP contribution in [0.2, 0.25) is 0 Å². The molecule has 2 heterocycles. The van der Waals surface area contributed by atoms with Gasteiger partial charge in [-0.3, -0.25) is 4.79 Å². The van der Waals surface area contributed by atoms with Gasteiger partial charge in [0.05, 0.1) is 5.52 Å². The number of carbonyl (C=O) groups is 1. The minimum Gasteiger partial charge on any atom is -0.298 e. The third-order valence-corrected chi connectivity index (χ3v) is 3.36. The van der Waals surface area contributed by atoms with E-state index in [-0.39, 0.29) is 0 Å². The van der Waals surface area contributed by atoms with Crippen molar-refractivity contribution in [3.05, 3.63) is 27.5 Å². The highest BCUT2D eigenvalue weighted by Gasteiger charge is 2.07. The molecule has 2 rings (SSSR count). The molecule has 2 aromatic heterocycles. The Morgan fingerprint density at radius 3 is 3.00 bits per heavy atom. The Morgan fingerprint density at radius 1 is 1.57 bits per heavy atom. The Balaban J connectivity index is 2.81. The SMILES string of the molecule is CSc1cc2c(C=O)ccc(I)n2n1. The van der Waals surface area contributed by atoms with Crippen LogP contribution in [-0.4, -0.2) is 22.2 Å². The monoisotopic (exact) mass is 318 g/mol. The molecule has 0 bridgehead atoms. The van der Waals surface area contributed by atoms with Crippen LogP contribution in [0, 0.1) is 3.70 Å². The Labute approximate surface area is 99.0 Å². The fourth-order valence-corrected chi connectivity index (χ4v) is 2.18. The second-order valence-corrected chi connectivity index (χ2v) is 4.64. The maximum atomic E-state index is 10.8. The number of hydrogen-bond acceptors (Lipinski definition) is 3. The molecule has 2 aromatic rings. The minimum absolute atomic E-state index is 0.679. The van der Waals surface area contributed by atoms with E-state index in [1.165, 1.54) is 0 Å². The number of aldehydes is 1. The second kappa shape index (κ2) is 3.90. The van der Waals surface area contributed by atoms with Gasteiger partial charge in [0.1, 0.15) is 8.73 Å². The third kappa shape index (κ3) is 1.54. The third-order valence-electron chi connectivity index (χ3n) is 1.92. The number of pyridine rings is 1. The molecule has 0 aliphatic rings. The number of rotatable bonds is 2. The topological polar surface area (TPSA) is 34.4 Å². The maximum absolute atomic E-state index is 10.8. The molecule has 72 valence electrons. The average Bonchev–Trinajstić information content (AvgIpc) is 2.63. The van der Waals surface area contributed by atoms with Gasteiger partial charge in [0.25, 0.3) is 0 Å². The summed E-state index contributed by atoms with van der Waals surface area (Å²) in [5.41, 5.74) is 1.55. The van der Waals surface area contributed by atoms with Gasteiger partial charge in [-0.05, 0) is 47.0 Å². The van der Waals surface area contributed by atoms with E-state index >= 15 is 0 Å². The maximum Gasteiger partial charge on any atom is 0.152 e. The zero-order valence-corrected chi connectivity index (χ0v) is 10.4. The van der Waals surface area contributed by atoms with Crippen LogP contribution in [0.4, 0.5) is 0 Å². The fraction of sp³-hybridized carbons (Fsp3) is 0.111. The molecular weight excluding hydrogens is 311 g/mol. The van der Waals surface area contributed by atoms with E-state index in [0.29, 0.717) is 5.56 Å². The first-order chi connectivity index (χ1) is 6.76. The molecule has 5 heteroatoms. The van der Waals surface area contributed by atoms with E-state index in [0.717, 1.165) is 20.5 Å². The summed E-state index contributed by atoms with van der Waals surface area (Å²) >= 11 is 3.77. The van der Waals surface area contributed by atoms with Crippen LogP contribution in [-0.2, 0) is 0 Å². The molecule has 0 unspecified atom stereocenters. The molecule has 0 N–H and O–H groups in total. The second-order valence-electron chi connectivity index (χ2n) is 2.71. The predicted molar refractivity (Wildman–Crippen MR) is 65.1 cm³/mol. The highest BCUT2D eigenvalue weighted by molar-refractivity contribution is 14.1. The lowest BCUT2D eigenvalue weighted by atomic mass is 10.2. The van der Waals surface area contributed by atoms with Crippen LogP contribution >= 0.6 is 34.4 Å². The number of thioether (sulfide) groups is 1. The Kier molecular flexibility index (Phi) is 2.78. The van der Waals surface area contributed by atoms with Crippen LogP contribution in [0.5, 0.6) is 0 Å². The van der Waals surface area contributed by atoms with Crippen molar-refractivity contribution in [2.24, 2.45) is 0 Å². The molecule has 0 saturated heterocycles. The van der Waals surface area contributed by atoms with Gasteiger partial charge >= 0.3 is 0 Å². The number of aromatic nitrogens is 2. The zero-order chi connectivity index (χ0) is 10.1. The predicted octanol–water partition coefficient (Wildman–Crippen LogP) is 2.47. The summed E-state index contributed by atoms with van der Waals surface area (Å²) in [6, 6.07) is 5.63. The molecule has 0 aromatic carbocycles. The van der Waals surface area contributed by atoms with Crippen molar-refractivity contribution in [3.63, 3.8) is 0 Å². The Hall–Kier alpha value is -0.560. The van der Waals surface area contributed by atoms with Crippen molar-refractivity contribution in [2.45, 2.75) is 5.03 Å². The summed E-state index contributed by atoms with van der Waals surface area (Å²) in [4.78, 5) is 10.8. The lowest BCUT2D eigenvalue weighted by molar-refractivity contribution is 0.112. The van der Waals surface area contributed by atoms with Gasteiger partial charge in [0.2, 0.25) is 0 Å². The number of halogens is 1. The first-order valence-electron chi connectivity index (χ1n) is 3.93. The van der Waals surface area contributed by atoms with Crippen LogP contribution < -0.4 is 0 Å². The zero-order valence-electron chi connectivity index (χ0n) is 7.40. The molecule has 0 radical (unpaired) electrons. The van der Waals surface area contributed by atoms with Gasteiger partial charge < -0.3 is 0 Å². The van der Waals surface area contributed by atoms with Gasteiger partial charge in [0, 0.05) is 5.56 Å². The highest BCUT2D eigenvalue weighted by Crippen LogP contribution is 2.20. The van der Waals surface area contributed by atoms with E-state index in [9.17, 15) is 4.79 Å². The summed E-state index contributed by atoms with van der Waals surface area (Å²) in [6.07, 6.45) is 2.83. The number of fused-ring (bicyclic) bond motifs is 1. The number of carbonyl (C=O) groups excluding carboxylic acids is 1. The lowest BCUT2D eigenvalue weighted by Crippen LogP contribution is -1.95. The molecule has 0 aliphatic heterocycles. The first-order valence-corrected chi connectivity index (χ1v) is 6.24. The molecule has 0 fully saturated rings. The summed E-state index contributed by atoms with van der Waals surface area (Å²) < 4.78 is 2.79. The minimum atomic E-state index is 0.679. The van der Waals surface area contributed by atoms with E-state index in [1.807, 2.05) is 24.5 Å². The van der Waals surface area contributed by atoms with Crippen molar-refractivity contribution in [3.8, 4) is 0 Å². The van der Waals surface area contributed by atoms with Crippen LogP contribution in [0.1, 0.15) is 10.4 Å². The molecule has 14 heavy (non-hydrogen) atoms. The molecule has 0 atom stereocenters. The van der Waals surface area contributed by atoms with E-state index in [1.54, 1.807) is 16.3 Å². The van der Waals surface area contributed by atoms with Crippen LogP contribution in [0.3, 0.4) is 0 Å². The van der Waals surface area contributed by atoms with Gasteiger partial charge in [-0.1, -0.05) is 0 Å². The molecular formula is C9H7IN2OS. The standard InChI is InChI=1S/C9H7IN2OS/c1-14-9-4-7-6(5-13)2-3-8(10)12(7)11-9/h2-5H,1H3. The summed E-state index contributed by atoms with van der Waals surface area (Å²) in [5.74, 6) is 0. The van der Waals surface area contributed by atoms with E-state index in [4.69, 9.17) is 0 Å². The number of nitrogens with zero attached hydrogens (tertiary/aromatic N) is 2. The Morgan fingerprint density at radius 2 is 2.36 bits per heavy atom. The summed E-state index contributed by atoms with van der Waals surface area (Å²) in [6.45, 7) is 0. The average molecular weight is 318 g/mol. The largest absolute Gasteiger partial charge is 0.298 e. The molecule has 0 saturated carbocycles. The van der Waals surface area contributed by atoms with Gasteiger partial charge in [0.15, 0.2) is 6.29 Å². The van der Waals surface area contributed by atoms with Crippen molar-refractivity contribution in [1.29, 1.82) is 0 Å². The van der Waals surface area contributed by atoms with Gasteiger partial charge in [-0.15, -0.1) is 11.8 Å². The fourth-order valence-electron chi connectivity index (χ4n) is 1.24. The van der Waals surface area contributed by atoms with Crippen molar-refractivity contribution in [2.75, 3.05) is 6.26 Å². The lowest BCUT2D eigenvalue weighted by Gasteiger charge is -1.98. The first kappa shape index (κ1) is 9.97. The highest BCUT2D eigenvalue weighted by atomic mass is 127. The van der Waals surface area contributed by atoms with Crippen molar-refractivity contribution >= 4 is 46.2 Å². The van der Waals surface area contributed by atoms with Crippen molar-refractivity contribution < 1.29 is 4.79 Å².